The third kappa shape index (κ3) is 5.95. The van der Waals surface area contributed by atoms with Gasteiger partial charge in [0.2, 0.25) is 0 Å². The van der Waals surface area contributed by atoms with Crippen molar-refractivity contribution in [1.82, 2.24) is 9.80 Å². The monoisotopic (exact) mass is 282 g/mol. The van der Waals surface area contributed by atoms with Crippen molar-refractivity contribution >= 4 is 6.09 Å². The molecule has 0 saturated carbocycles. The van der Waals surface area contributed by atoms with E-state index in [2.05, 4.69) is 24.8 Å². The van der Waals surface area contributed by atoms with Gasteiger partial charge in [0.15, 0.2) is 0 Å². The molecule has 1 amide bonds. The highest BCUT2D eigenvalue weighted by Crippen LogP contribution is 2.13. The summed E-state index contributed by atoms with van der Waals surface area (Å²) in [5.74, 6) is 0. The summed E-state index contributed by atoms with van der Waals surface area (Å²) >= 11 is 0. The van der Waals surface area contributed by atoms with E-state index in [-0.39, 0.29) is 6.09 Å². The van der Waals surface area contributed by atoms with E-state index >= 15 is 0 Å². The van der Waals surface area contributed by atoms with Gasteiger partial charge in [0.1, 0.15) is 5.60 Å². The molecule has 0 N–H and O–H groups in total. The number of hydrogen-bond acceptors (Lipinski definition) is 3. The molecule has 0 atom stereocenters. The van der Waals surface area contributed by atoms with Crippen LogP contribution in [0.2, 0.25) is 0 Å². The molecule has 1 aliphatic heterocycles. The van der Waals surface area contributed by atoms with Crippen LogP contribution in [0.15, 0.2) is 11.6 Å². The Balaban J connectivity index is 2.40. The molecule has 4 heteroatoms. The number of piperazine rings is 1. The Bertz CT molecular complexity index is 337. The van der Waals surface area contributed by atoms with E-state index in [0.717, 1.165) is 45.6 Å². The van der Waals surface area contributed by atoms with Gasteiger partial charge in [-0.15, -0.1) is 0 Å². The van der Waals surface area contributed by atoms with Gasteiger partial charge in [-0.25, -0.2) is 4.79 Å². The molecular formula is C16H30N2O2. The fourth-order valence-electron chi connectivity index (χ4n) is 2.31. The predicted octanol–water partition coefficient (Wildman–Crippen LogP) is 3.29. The molecule has 4 nitrogen and oxygen atoms in total. The maximum atomic E-state index is 12.0. The highest BCUT2D eigenvalue weighted by Gasteiger charge is 2.25. The predicted molar refractivity (Wildman–Crippen MR) is 82.9 cm³/mol. The van der Waals surface area contributed by atoms with Crippen LogP contribution in [0.1, 0.15) is 47.5 Å². The first-order valence-corrected chi connectivity index (χ1v) is 7.74. The standard InChI is InChI=1S/C16H30N2O2/c1-6-8-14(7-2)13-17-9-11-18(12-10-17)15(19)20-16(3,4)5/h8H,6-7,9-13H2,1-5H3/b14-8+. The van der Waals surface area contributed by atoms with Gasteiger partial charge in [-0.05, 0) is 33.6 Å². The molecule has 0 aromatic heterocycles. The molecule has 0 radical (unpaired) electrons. The van der Waals surface area contributed by atoms with Crippen LogP contribution in [-0.4, -0.2) is 54.2 Å². The summed E-state index contributed by atoms with van der Waals surface area (Å²) in [5, 5.41) is 0. The normalized spacial score (nSPS) is 18.2. The van der Waals surface area contributed by atoms with Crippen molar-refractivity contribution < 1.29 is 9.53 Å². The number of ether oxygens (including phenoxy) is 1. The third-order valence-electron chi connectivity index (χ3n) is 3.40. The number of amides is 1. The molecule has 0 bridgehead atoms. The zero-order valence-electron chi connectivity index (χ0n) is 13.7. The van der Waals surface area contributed by atoms with E-state index in [1.54, 1.807) is 0 Å². The van der Waals surface area contributed by atoms with Gasteiger partial charge in [0.05, 0.1) is 0 Å². The molecular weight excluding hydrogens is 252 g/mol. The van der Waals surface area contributed by atoms with Crippen molar-refractivity contribution in [3.63, 3.8) is 0 Å². The van der Waals surface area contributed by atoms with Gasteiger partial charge >= 0.3 is 6.09 Å². The van der Waals surface area contributed by atoms with Gasteiger partial charge in [0.25, 0.3) is 0 Å². The summed E-state index contributed by atoms with van der Waals surface area (Å²) in [7, 11) is 0. The zero-order valence-corrected chi connectivity index (χ0v) is 13.7. The van der Waals surface area contributed by atoms with Crippen molar-refractivity contribution in [2.75, 3.05) is 32.7 Å². The first-order chi connectivity index (χ1) is 9.35. The number of allylic oxidation sites excluding steroid dienone is 1. The summed E-state index contributed by atoms with van der Waals surface area (Å²) in [4.78, 5) is 16.2. The van der Waals surface area contributed by atoms with Gasteiger partial charge in [-0.2, -0.15) is 0 Å². The minimum Gasteiger partial charge on any atom is -0.444 e. The molecule has 0 spiro atoms. The van der Waals surface area contributed by atoms with Crippen LogP contribution >= 0.6 is 0 Å². The topological polar surface area (TPSA) is 32.8 Å². The Morgan fingerprint density at radius 2 is 1.75 bits per heavy atom. The second-order valence-corrected chi connectivity index (χ2v) is 6.37. The Morgan fingerprint density at radius 3 is 2.20 bits per heavy atom. The molecule has 0 aromatic rings. The second kappa shape index (κ2) is 7.67. The molecule has 1 rings (SSSR count). The Kier molecular flexibility index (Phi) is 6.53. The maximum absolute atomic E-state index is 12.0. The summed E-state index contributed by atoms with van der Waals surface area (Å²) in [6.07, 6.45) is 4.35. The lowest BCUT2D eigenvalue weighted by atomic mass is 10.1. The number of carbonyl (C=O) groups is 1. The van der Waals surface area contributed by atoms with E-state index in [9.17, 15) is 4.79 Å². The molecule has 1 fully saturated rings. The van der Waals surface area contributed by atoms with Crippen LogP contribution < -0.4 is 0 Å². The molecule has 0 aliphatic carbocycles. The SMILES string of the molecule is CC/C=C(\CC)CN1CCN(C(=O)OC(C)(C)C)CC1. The lowest BCUT2D eigenvalue weighted by molar-refractivity contribution is 0.0152. The average molecular weight is 282 g/mol. The largest absolute Gasteiger partial charge is 0.444 e. The number of hydrogen-bond donors (Lipinski definition) is 0. The molecule has 1 aliphatic rings. The highest BCUT2D eigenvalue weighted by molar-refractivity contribution is 5.68. The van der Waals surface area contributed by atoms with E-state index in [1.807, 2.05) is 25.7 Å². The van der Waals surface area contributed by atoms with Crippen molar-refractivity contribution in [2.24, 2.45) is 0 Å². The Hall–Kier alpha value is -1.03. The summed E-state index contributed by atoms with van der Waals surface area (Å²) in [6, 6.07) is 0. The minimum absolute atomic E-state index is 0.183. The second-order valence-electron chi connectivity index (χ2n) is 6.37. The fraction of sp³-hybridized carbons (Fsp3) is 0.812. The number of nitrogens with zero attached hydrogens (tertiary/aromatic N) is 2. The quantitative estimate of drug-likeness (QED) is 0.742. The first-order valence-electron chi connectivity index (χ1n) is 7.74. The minimum atomic E-state index is -0.409. The number of carbonyl (C=O) groups excluding carboxylic acids is 1. The molecule has 1 saturated heterocycles. The van der Waals surface area contributed by atoms with Crippen molar-refractivity contribution in [1.29, 1.82) is 0 Å². The number of rotatable bonds is 4. The van der Waals surface area contributed by atoms with Gasteiger partial charge in [0, 0.05) is 32.7 Å². The van der Waals surface area contributed by atoms with E-state index in [0.29, 0.717) is 0 Å². The molecule has 116 valence electrons. The lowest BCUT2D eigenvalue weighted by Crippen LogP contribution is -2.50. The molecule has 20 heavy (non-hydrogen) atoms. The Labute approximate surface area is 123 Å². The highest BCUT2D eigenvalue weighted by atomic mass is 16.6. The molecule has 0 aromatic carbocycles. The van der Waals surface area contributed by atoms with Crippen molar-refractivity contribution in [2.45, 2.75) is 53.1 Å². The smallest absolute Gasteiger partial charge is 0.410 e. The first kappa shape index (κ1) is 17.0. The maximum Gasteiger partial charge on any atom is 0.410 e. The third-order valence-corrected chi connectivity index (χ3v) is 3.40. The van der Waals surface area contributed by atoms with Gasteiger partial charge in [-0.3, -0.25) is 4.90 Å². The average Bonchev–Trinajstić information content (AvgIpc) is 2.37. The van der Waals surface area contributed by atoms with E-state index < -0.39 is 5.60 Å². The van der Waals surface area contributed by atoms with Crippen LogP contribution in [0.3, 0.4) is 0 Å². The van der Waals surface area contributed by atoms with Crippen LogP contribution in [0, 0.1) is 0 Å². The summed E-state index contributed by atoms with van der Waals surface area (Å²) in [6.45, 7) is 14.5. The zero-order chi connectivity index (χ0) is 15.2. The van der Waals surface area contributed by atoms with Crippen LogP contribution in [-0.2, 0) is 4.74 Å². The van der Waals surface area contributed by atoms with E-state index in [1.165, 1.54) is 5.57 Å². The Morgan fingerprint density at radius 1 is 1.15 bits per heavy atom. The molecule has 1 heterocycles. The van der Waals surface area contributed by atoms with Crippen LogP contribution in [0.4, 0.5) is 4.79 Å². The molecule has 0 unspecified atom stereocenters. The van der Waals surface area contributed by atoms with Crippen LogP contribution in [0.5, 0.6) is 0 Å². The van der Waals surface area contributed by atoms with Crippen LogP contribution in [0.25, 0.3) is 0 Å². The summed E-state index contributed by atoms with van der Waals surface area (Å²) in [5.41, 5.74) is 1.09. The van der Waals surface area contributed by atoms with E-state index in [4.69, 9.17) is 4.74 Å². The van der Waals surface area contributed by atoms with Crippen molar-refractivity contribution in [3.05, 3.63) is 11.6 Å². The van der Waals surface area contributed by atoms with Gasteiger partial charge < -0.3 is 9.64 Å². The van der Waals surface area contributed by atoms with Gasteiger partial charge in [-0.1, -0.05) is 25.5 Å². The summed E-state index contributed by atoms with van der Waals surface area (Å²) < 4.78 is 5.41. The van der Waals surface area contributed by atoms with Crippen molar-refractivity contribution in [3.8, 4) is 0 Å². The lowest BCUT2D eigenvalue weighted by Gasteiger charge is -2.35. The fourth-order valence-corrected chi connectivity index (χ4v) is 2.31.